The molecule has 0 saturated carbocycles. The lowest BCUT2D eigenvalue weighted by molar-refractivity contribution is 0.0600. The van der Waals surface area contributed by atoms with Gasteiger partial charge in [-0.15, -0.1) is 0 Å². The van der Waals surface area contributed by atoms with Gasteiger partial charge in [0.15, 0.2) is 5.69 Å². The third-order valence-electron chi connectivity index (χ3n) is 1.48. The van der Waals surface area contributed by atoms with Crippen molar-refractivity contribution in [2.75, 3.05) is 7.11 Å². The molecule has 0 aliphatic heterocycles. The van der Waals surface area contributed by atoms with E-state index in [1.807, 2.05) is 0 Å². The minimum absolute atomic E-state index is 0.371. The van der Waals surface area contributed by atoms with Gasteiger partial charge >= 0.3 is 5.97 Å². The van der Waals surface area contributed by atoms with Gasteiger partial charge < -0.3 is 4.74 Å². The first kappa shape index (κ1) is 9.75. The summed E-state index contributed by atoms with van der Waals surface area (Å²) in [6.45, 7) is 6.77. The van der Waals surface area contributed by atoms with Crippen LogP contribution in [0.1, 0.15) is 10.4 Å². The van der Waals surface area contributed by atoms with Crippen LogP contribution >= 0.6 is 15.9 Å². The summed E-state index contributed by atoms with van der Waals surface area (Å²) < 4.78 is 5.18. The zero-order valence-corrected chi connectivity index (χ0v) is 8.46. The fourth-order valence-electron chi connectivity index (χ4n) is 0.849. The van der Waals surface area contributed by atoms with Gasteiger partial charge in [0.1, 0.15) is 0 Å². The molecule has 0 spiro atoms. The van der Waals surface area contributed by atoms with Crippen molar-refractivity contribution in [1.82, 2.24) is 0 Å². The third-order valence-corrected chi connectivity index (χ3v) is 2.18. The van der Waals surface area contributed by atoms with Crippen LogP contribution in [-0.2, 0) is 4.74 Å². The molecule has 0 aliphatic carbocycles. The lowest BCUT2D eigenvalue weighted by Gasteiger charge is -2.01. The second-order valence-electron chi connectivity index (χ2n) is 2.27. The van der Waals surface area contributed by atoms with Gasteiger partial charge in [0, 0.05) is 4.47 Å². The topological polar surface area (TPSA) is 30.7 Å². The highest BCUT2D eigenvalue weighted by molar-refractivity contribution is 9.10. The molecular weight excluding hydrogens is 234 g/mol. The summed E-state index contributed by atoms with van der Waals surface area (Å²) in [6, 6.07) is 4.77. The Bertz CT molecular complexity index is 382. The first-order chi connectivity index (χ1) is 6.19. The fourth-order valence-corrected chi connectivity index (χ4v) is 1.26. The van der Waals surface area contributed by atoms with Crippen LogP contribution in [0.5, 0.6) is 0 Å². The molecular formula is C9H6BrNO2. The molecule has 66 valence electrons. The van der Waals surface area contributed by atoms with Gasteiger partial charge in [-0.3, -0.25) is 0 Å². The van der Waals surface area contributed by atoms with Crippen molar-refractivity contribution in [1.29, 1.82) is 0 Å². The molecule has 0 radical (unpaired) electrons. The summed E-state index contributed by atoms with van der Waals surface area (Å²) in [5, 5.41) is 0. The highest BCUT2D eigenvalue weighted by Gasteiger charge is 2.10. The SMILES string of the molecule is [C-]#[N+]c1ccc(Br)c(C(=O)OC)c1. The molecule has 0 heterocycles. The number of ether oxygens (including phenoxy) is 1. The van der Waals surface area contributed by atoms with E-state index in [1.165, 1.54) is 13.2 Å². The summed E-state index contributed by atoms with van der Waals surface area (Å²) in [4.78, 5) is 14.4. The standard InChI is InChI=1S/C9H6BrNO2/c1-11-6-3-4-8(10)7(5-6)9(12)13-2/h3-5H,2H3. The van der Waals surface area contributed by atoms with Gasteiger partial charge in [0.25, 0.3) is 0 Å². The van der Waals surface area contributed by atoms with E-state index in [1.54, 1.807) is 12.1 Å². The quantitative estimate of drug-likeness (QED) is 0.558. The third kappa shape index (κ3) is 2.07. The molecule has 4 heteroatoms. The summed E-state index contributed by atoms with van der Waals surface area (Å²) in [5.41, 5.74) is 0.791. The Morgan fingerprint density at radius 1 is 1.62 bits per heavy atom. The Labute approximate surface area is 84.3 Å². The van der Waals surface area contributed by atoms with Crippen LogP contribution in [-0.4, -0.2) is 13.1 Å². The monoisotopic (exact) mass is 239 g/mol. The van der Waals surface area contributed by atoms with E-state index in [4.69, 9.17) is 6.57 Å². The average molecular weight is 240 g/mol. The van der Waals surface area contributed by atoms with Crippen molar-refractivity contribution in [2.24, 2.45) is 0 Å². The summed E-state index contributed by atoms with van der Waals surface area (Å²) in [6.07, 6.45) is 0. The maximum atomic E-state index is 11.1. The largest absolute Gasteiger partial charge is 0.465 e. The normalized spacial score (nSPS) is 9.00. The van der Waals surface area contributed by atoms with Crippen molar-refractivity contribution < 1.29 is 9.53 Å². The molecule has 1 rings (SSSR count). The van der Waals surface area contributed by atoms with Crippen LogP contribution in [0, 0.1) is 6.57 Å². The van der Waals surface area contributed by atoms with E-state index >= 15 is 0 Å². The maximum absolute atomic E-state index is 11.1. The highest BCUT2D eigenvalue weighted by Crippen LogP contribution is 2.23. The molecule has 0 saturated heterocycles. The molecule has 0 aromatic heterocycles. The van der Waals surface area contributed by atoms with Crippen molar-refractivity contribution in [2.45, 2.75) is 0 Å². The highest BCUT2D eigenvalue weighted by atomic mass is 79.9. The number of benzene rings is 1. The average Bonchev–Trinajstić information content (AvgIpc) is 2.17. The van der Waals surface area contributed by atoms with Crippen LogP contribution in [0.3, 0.4) is 0 Å². The molecule has 0 unspecified atom stereocenters. The molecule has 13 heavy (non-hydrogen) atoms. The summed E-state index contributed by atoms with van der Waals surface area (Å²) in [5.74, 6) is -0.447. The fraction of sp³-hybridized carbons (Fsp3) is 0.111. The number of carbonyl (C=O) groups excluding carboxylic acids is 1. The van der Waals surface area contributed by atoms with E-state index in [0.717, 1.165) is 0 Å². The number of nitrogens with zero attached hydrogens (tertiary/aromatic N) is 1. The molecule has 0 N–H and O–H groups in total. The van der Waals surface area contributed by atoms with E-state index in [-0.39, 0.29) is 0 Å². The van der Waals surface area contributed by atoms with Crippen LogP contribution in [0.25, 0.3) is 4.85 Å². The predicted molar refractivity (Wildman–Crippen MR) is 51.7 cm³/mol. The Morgan fingerprint density at radius 2 is 2.31 bits per heavy atom. The first-order valence-electron chi connectivity index (χ1n) is 3.44. The Kier molecular flexibility index (Phi) is 3.04. The van der Waals surface area contributed by atoms with Gasteiger partial charge in [0.2, 0.25) is 0 Å². The van der Waals surface area contributed by atoms with Crippen LogP contribution in [0.15, 0.2) is 22.7 Å². The second kappa shape index (κ2) is 4.06. The van der Waals surface area contributed by atoms with Crippen molar-refractivity contribution in [3.05, 3.63) is 39.7 Å². The lowest BCUT2D eigenvalue weighted by atomic mass is 10.2. The summed E-state index contributed by atoms with van der Waals surface area (Å²) >= 11 is 3.20. The van der Waals surface area contributed by atoms with Gasteiger partial charge in [-0.25, -0.2) is 9.64 Å². The Morgan fingerprint density at radius 3 is 2.85 bits per heavy atom. The lowest BCUT2D eigenvalue weighted by Crippen LogP contribution is -2.01. The summed E-state index contributed by atoms with van der Waals surface area (Å²) in [7, 11) is 1.30. The van der Waals surface area contributed by atoms with E-state index in [2.05, 4.69) is 25.5 Å². The van der Waals surface area contributed by atoms with E-state index in [0.29, 0.717) is 15.7 Å². The van der Waals surface area contributed by atoms with Gasteiger partial charge in [-0.05, 0) is 6.07 Å². The predicted octanol–water partition coefficient (Wildman–Crippen LogP) is 2.79. The minimum atomic E-state index is -0.447. The first-order valence-corrected chi connectivity index (χ1v) is 4.23. The van der Waals surface area contributed by atoms with Crippen LogP contribution in [0.2, 0.25) is 0 Å². The van der Waals surface area contributed by atoms with Crippen molar-refractivity contribution >= 4 is 27.6 Å². The van der Waals surface area contributed by atoms with E-state index in [9.17, 15) is 4.79 Å². The number of carbonyl (C=O) groups is 1. The number of hydrogen-bond acceptors (Lipinski definition) is 2. The molecule has 1 aromatic carbocycles. The van der Waals surface area contributed by atoms with Gasteiger partial charge in [-0.1, -0.05) is 28.1 Å². The smallest absolute Gasteiger partial charge is 0.337 e. The zero-order valence-electron chi connectivity index (χ0n) is 6.87. The Balaban J connectivity index is 3.20. The molecule has 0 atom stereocenters. The molecule has 0 fully saturated rings. The zero-order chi connectivity index (χ0) is 9.84. The number of esters is 1. The number of rotatable bonds is 1. The molecule has 0 amide bonds. The maximum Gasteiger partial charge on any atom is 0.337 e. The van der Waals surface area contributed by atoms with Crippen LogP contribution < -0.4 is 0 Å². The number of halogens is 1. The van der Waals surface area contributed by atoms with Gasteiger partial charge in [0.05, 0.1) is 19.2 Å². The number of methoxy groups -OCH3 is 1. The number of hydrogen-bond donors (Lipinski definition) is 0. The van der Waals surface area contributed by atoms with Crippen LogP contribution in [0.4, 0.5) is 5.69 Å². The van der Waals surface area contributed by atoms with Crippen molar-refractivity contribution in [3.8, 4) is 0 Å². The Hall–Kier alpha value is -1.34. The second-order valence-corrected chi connectivity index (χ2v) is 3.12. The van der Waals surface area contributed by atoms with Gasteiger partial charge in [-0.2, -0.15) is 0 Å². The molecule has 3 nitrogen and oxygen atoms in total. The molecule has 1 aromatic rings. The molecule has 0 bridgehead atoms. The van der Waals surface area contributed by atoms with Crippen molar-refractivity contribution in [3.63, 3.8) is 0 Å². The molecule has 0 aliphatic rings. The minimum Gasteiger partial charge on any atom is -0.465 e. The van der Waals surface area contributed by atoms with E-state index < -0.39 is 5.97 Å².